The Labute approximate surface area is 160 Å². The van der Waals surface area contributed by atoms with Crippen LogP contribution in [0, 0.1) is 0 Å². The van der Waals surface area contributed by atoms with Gasteiger partial charge in [-0.25, -0.2) is 0 Å². The van der Waals surface area contributed by atoms with E-state index in [1.807, 2.05) is 26.0 Å². The van der Waals surface area contributed by atoms with E-state index in [1.54, 1.807) is 24.5 Å². The predicted octanol–water partition coefficient (Wildman–Crippen LogP) is 4.19. The standard InChI is InChI=1S/C21H29NO5/c1-3-11-26-19-9-8-17(15-20(19)27-12-4-2)21(23)22-10-6-13-24-16-18-7-5-14-25-18/h5,7-9,14-15H,3-4,6,10-13,16H2,1-2H3,(H,22,23). The van der Waals surface area contributed by atoms with Gasteiger partial charge >= 0.3 is 0 Å². The molecule has 0 radical (unpaired) electrons. The first-order valence-corrected chi connectivity index (χ1v) is 9.52. The molecule has 0 bridgehead atoms. The number of benzene rings is 1. The minimum Gasteiger partial charge on any atom is -0.490 e. The highest BCUT2D eigenvalue weighted by atomic mass is 16.5. The summed E-state index contributed by atoms with van der Waals surface area (Å²) in [6.07, 6.45) is 4.15. The van der Waals surface area contributed by atoms with Crippen molar-refractivity contribution in [3.05, 3.63) is 47.9 Å². The quantitative estimate of drug-likeness (QED) is 0.532. The van der Waals surface area contributed by atoms with E-state index < -0.39 is 0 Å². The molecule has 1 heterocycles. The summed E-state index contributed by atoms with van der Waals surface area (Å²) in [5, 5.41) is 2.90. The lowest BCUT2D eigenvalue weighted by atomic mass is 10.2. The van der Waals surface area contributed by atoms with Crippen LogP contribution in [0.5, 0.6) is 11.5 Å². The van der Waals surface area contributed by atoms with Crippen LogP contribution < -0.4 is 14.8 Å². The highest BCUT2D eigenvalue weighted by Crippen LogP contribution is 2.28. The van der Waals surface area contributed by atoms with Gasteiger partial charge in [0, 0.05) is 18.7 Å². The van der Waals surface area contributed by atoms with E-state index in [0.29, 0.717) is 50.0 Å². The molecular weight excluding hydrogens is 346 g/mol. The lowest BCUT2D eigenvalue weighted by molar-refractivity contribution is 0.0916. The Bertz CT molecular complexity index is 669. The second kappa shape index (κ2) is 12.0. The molecule has 6 heteroatoms. The maximum Gasteiger partial charge on any atom is 0.251 e. The van der Waals surface area contributed by atoms with Gasteiger partial charge in [0.2, 0.25) is 0 Å². The summed E-state index contributed by atoms with van der Waals surface area (Å²) >= 11 is 0. The normalized spacial score (nSPS) is 10.6. The monoisotopic (exact) mass is 375 g/mol. The number of amides is 1. The maximum atomic E-state index is 12.4. The van der Waals surface area contributed by atoms with Crippen molar-refractivity contribution in [1.29, 1.82) is 0 Å². The Morgan fingerprint density at radius 2 is 1.81 bits per heavy atom. The Kier molecular flexibility index (Phi) is 9.27. The third-order valence-corrected chi connectivity index (χ3v) is 3.70. The summed E-state index contributed by atoms with van der Waals surface area (Å²) < 4.78 is 22.1. The van der Waals surface area contributed by atoms with Gasteiger partial charge in [-0.2, -0.15) is 0 Å². The zero-order valence-electron chi connectivity index (χ0n) is 16.2. The van der Waals surface area contributed by atoms with Crippen molar-refractivity contribution < 1.29 is 23.4 Å². The summed E-state index contributed by atoms with van der Waals surface area (Å²) in [5.41, 5.74) is 0.557. The maximum absolute atomic E-state index is 12.4. The molecule has 6 nitrogen and oxygen atoms in total. The lowest BCUT2D eigenvalue weighted by Crippen LogP contribution is -2.25. The molecule has 2 rings (SSSR count). The van der Waals surface area contributed by atoms with Crippen molar-refractivity contribution in [2.24, 2.45) is 0 Å². The van der Waals surface area contributed by atoms with Gasteiger partial charge in [0.1, 0.15) is 12.4 Å². The van der Waals surface area contributed by atoms with Crippen molar-refractivity contribution in [2.45, 2.75) is 39.7 Å². The third-order valence-electron chi connectivity index (χ3n) is 3.70. The molecular formula is C21H29NO5. The van der Waals surface area contributed by atoms with Crippen LogP contribution in [0.1, 0.15) is 49.2 Å². The van der Waals surface area contributed by atoms with Crippen LogP contribution in [-0.2, 0) is 11.3 Å². The fraction of sp³-hybridized carbons (Fsp3) is 0.476. The molecule has 0 aliphatic rings. The predicted molar refractivity (Wildman–Crippen MR) is 103 cm³/mol. The minimum absolute atomic E-state index is 0.135. The lowest BCUT2D eigenvalue weighted by Gasteiger charge is -2.13. The number of nitrogens with one attached hydrogen (secondary N) is 1. The number of hydrogen-bond donors (Lipinski definition) is 1. The van der Waals surface area contributed by atoms with Crippen molar-refractivity contribution in [2.75, 3.05) is 26.4 Å². The number of furan rings is 1. The molecule has 1 aromatic heterocycles. The molecule has 0 unspecified atom stereocenters. The smallest absolute Gasteiger partial charge is 0.251 e. The first-order chi connectivity index (χ1) is 13.2. The molecule has 0 saturated carbocycles. The molecule has 1 aromatic carbocycles. The molecule has 0 saturated heterocycles. The minimum atomic E-state index is -0.135. The zero-order chi connectivity index (χ0) is 19.3. The Morgan fingerprint density at radius 1 is 1.04 bits per heavy atom. The molecule has 2 aromatic rings. The van der Waals surface area contributed by atoms with Gasteiger partial charge in [0.15, 0.2) is 11.5 Å². The Hall–Kier alpha value is -2.47. The van der Waals surface area contributed by atoms with Crippen LogP contribution in [0.15, 0.2) is 41.0 Å². The molecule has 27 heavy (non-hydrogen) atoms. The van der Waals surface area contributed by atoms with Gasteiger partial charge in [-0.3, -0.25) is 4.79 Å². The Morgan fingerprint density at radius 3 is 2.52 bits per heavy atom. The summed E-state index contributed by atoms with van der Waals surface area (Å²) in [6.45, 7) is 6.82. The second-order valence-corrected chi connectivity index (χ2v) is 6.10. The van der Waals surface area contributed by atoms with Gasteiger partial charge in [-0.15, -0.1) is 0 Å². The highest BCUT2D eigenvalue weighted by Gasteiger charge is 2.11. The van der Waals surface area contributed by atoms with Gasteiger partial charge in [0.25, 0.3) is 5.91 Å². The first kappa shape index (κ1) is 20.8. The van der Waals surface area contributed by atoms with Gasteiger partial charge in [-0.05, 0) is 49.6 Å². The molecule has 0 aliphatic heterocycles. The SMILES string of the molecule is CCCOc1ccc(C(=O)NCCCOCc2ccco2)cc1OCCC. The molecule has 0 aliphatic carbocycles. The largest absolute Gasteiger partial charge is 0.490 e. The van der Waals surface area contributed by atoms with Gasteiger partial charge in [-0.1, -0.05) is 13.8 Å². The van der Waals surface area contributed by atoms with E-state index in [-0.39, 0.29) is 5.91 Å². The summed E-state index contributed by atoms with van der Waals surface area (Å²) in [5.74, 6) is 1.95. The van der Waals surface area contributed by atoms with Crippen LogP contribution in [-0.4, -0.2) is 32.3 Å². The average molecular weight is 375 g/mol. The van der Waals surface area contributed by atoms with Gasteiger partial charge < -0.3 is 23.9 Å². The van der Waals surface area contributed by atoms with Crippen LogP contribution in [0.2, 0.25) is 0 Å². The zero-order valence-corrected chi connectivity index (χ0v) is 16.2. The number of hydrogen-bond acceptors (Lipinski definition) is 5. The fourth-order valence-electron chi connectivity index (χ4n) is 2.35. The van der Waals surface area contributed by atoms with E-state index in [0.717, 1.165) is 25.0 Å². The molecule has 1 amide bonds. The average Bonchev–Trinajstić information content (AvgIpc) is 3.21. The molecule has 148 valence electrons. The van der Waals surface area contributed by atoms with E-state index in [9.17, 15) is 4.79 Å². The Balaban J connectivity index is 1.78. The van der Waals surface area contributed by atoms with Crippen LogP contribution in [0.25, 0.3) is 0 Å². The first-order valence-electron chi connectivity index (χ1n) is 9.52. The van der Waals surface area contributed by atoms with Gasteiger partial charge in [0.05, 0.1) is 19.5 Å². The highest BCUT2D eigenvalue weighted by molar-refractivity contribution is 5.94. The van der Waals surface area contributed by atoms with E-state index in [2.05, 4.69) is 5.32 Å². The summed E-state index contributed by atoms with van der Waals surface area (Å²) in [4.78, 5) is 12.4. The van der Waals surface area contributed by atoms with Crippen LogP contribution in [0.4, 0.5) is 0 Å². The number of carbonyl (C=O) groups excluding carboxylic acids is 1. The summed E-state index contributed by atoms with van der Waals surface area (Å²) in [6, 6.07) is 8.99. The topological polar surface area (TPSA) is 69.9 Å². The van der Waals surface area contributed by atoms with Crippen molar-refractivity contribution in [3.63, 3.8) is 0 Å². The fourth-order valence-corrected chi connectivity index (χ4v) is 2.35. The van der Waals surface area contributed by atoms with E-state index >= 15 is 0 Å². The molecule has 0 atom stereocenters. The number of ether oxygens (including phenoxy) is 3. The second-order valence-electron chi connectivity index (χ2n) is 6.10. The van der Waals surface area contributed by atoms with Crippen molar-refractivity contribution in [3.8, 4) is 11.5 Å². The van der Waals surface area contributed by atoms with Crippen LogP contribution in [0.3, 0.4) is 0 Å². The van der Waals surface area contributed by atoms with Crippen LogP contribution >= 0.6 is 0 Å². The van der Waals surface area contributed by atoms with E-state index in [4.69, 9.17) is 18.6 Å². The van der Waals surface area contributed by atoms with Crippen molar-refractivity contribution in [1.82, 2.24) is 5.32 Å². The molecule has 0 fully saturated rings. The summed E-state index contributed by atoms with van der Waals surface area (Å²) in [7, 11) is 0. The van der Waals surface area contributed by atoms with E-state index in [1.165, 1.54) is 0 Å². The third kappa shape index (κ3) is 7.35. The van der Waals surface area contributed by atoms with Crippen molar-refractivity contribution >= 4 is 5.91 Å². The molecule has 0 spiro atoms. The number of carbonyl (C=O) groups is 1. The molecule has 1 N–H and O–H groups in total. The number of rotatable bonds is 13.